The highest BCUT2D eigenvalue weighted by molar-refractivity contribution is 7.98. The predicted molar refractivity (Wildman–Crippen MR) is 119 cm³/mol. The molecule has 1 N–H and O–H groups in total. The van der Waals surface area contributed by atoms with Gasteiger partial charge in [0.2, 0.25) is 17.6 Å². The average molecular weight is 423 g/mol. The summed E-state index contributed by atoms with van der Waals surface area (Å²) in [4.78, 5) is 20.7. The lowest BCUT2D eigenvalue weighted by molar-refractivity contribution is -0.121. The second-order valence-corrected chi connectivity index (χ2v) is 8.49. The van der Waals surface area contributed by atoms with Crippen LogP contribution in [0.1, 0.15) is 24.3 Å². The number of nitrogens with one attached hydrogen (secondary N) is 1. The third-order valence-corrected chi connectivity index (χ3v) is 6.14. The van der Waals surface area contributed by atoms with E-state index in [0.29, 0.717) is 24.8 Å². The zero-order valence-corrected chi connectivity index (χ0v) is 18.1. The number of aryl methyl sites for hydroxylation is 1. The molecule has 156 valence electrons. The van der Waals surface area contributed by atoms with Crippen molar-refractivity contribution < 1.29 is 9.32 Å². The van der Waals surface area contributed by atoms with Crippen LogP contribution in [0.15, 0.2) is 57.9 Å². The molecular formula is C23H26N4O2S. The number of carbonyl (C=O) groups is 1. The van der Waals surface area contributed by atoms with Crippen LogP contribution in [0.5, 0.6) is 0 Å². The number of aromatic nitrogens is 2. The number of hydrogen-bond donors (Lipinski definition) is 1. The van der Waals surface area contributed by atoms with E-state index in [-0.39, 0.29) is 11.8 Å². The van der Waals surface area contributed by atoms with Crippen LogP contribution in [0.4, 0.5) is 5.69 Å². The summed E-state index contributed by atoms with van der Waals surface area (Å²) in [5.74, 6) is 1.22. The highest BCUT2D eigenvalue weighted by atomic mass is 32.2. The topological polar surface area (TPSA) is 71.3 Å². The van der Waals surface area contributed by atoms with Gasteiger partial charge in [0.15, 0.2) is 0 Å². The van der Waals surface area contributed by atoms with Crippen molar-refractivity contribution in [3.63, 3.8) is 0 Å². The second kappa shape index (κ2) is 9.45. The predicted octanol–water partition coefficient (Wildman–Crippen LogP) is 4.62. The minimum Gasteiger partial charge on any atom is -0.338 e. The molecule has 2 aromatic carbocycles. The van der Waals surface area contributed by atoms with Gasteiger partial charge in [0.25, 0.3) is 0 Å². The van der Waals surface area contributed by atoms with Crippen LogP contribution >= 0.6 is 11.8 Å². The first-order chi connectivity index (χ1) is 14.6. The largest absolute Gasteiger partial charge is 0.338 e. The Morgan fingerprint density at radius 1 is 1.27 bits per heavy atom. The molecule has 0 saturated carbocycles. The van der Waals surface area contributed by atoms with Crippen LogP contribution in [-0.2, 0) is 11.3 Å². The van der Waals surface area contributed by atoms with Gasteiger partial charge in [0, 0.05) is 17.0 Å². The van der Waals surface area contributed by atoms with Gasteiger partial charge in [-0.15, -0.1) is 11.8 Å². The van der Waals surface area contributed by atoms with E-state index in [4.69, 9.17) is 4.52 Å². The number of rotatable bonds is 6. The van der Waals surface area contributed by atoms with Gasteiger partial charge >= 0.3 is 0 Å². The van der Waals surface area contributed by atoms with Crippen LogP contribution in [-0.4, -0.2) is 40.3 Å². The van der Waals surface area contributed by atoms with Gasteiger partial charge in [-0.2, -0.15) is 4.98 Å². The SMILES string of the molecule is CSc1ccccc1NC(=O)C1CCCN(Cc2nc(-c3cccc(C)c3)no2)C1. The monoisotopic (exact) mass is 422 g/mol. The number of anilines is 1. The molecule has 1 aliphatic heterocycles. The molecule has 1 saturated heterocycles. The second-order valence-electron chi connectivity index (χ2n) is 7.65. The third-order valence-electron chi connectivity index (χ3n) is 5.34. The molecule has 1 aliphatic rings. The highest BCUT2D eigenvalue weighted by Crippen LogP contribution is 2.27. The number of para-hydroxylation sites is 1. The first-order valence-electron chi connectivity index (χ1n) is 10.2. The molecular weight excluding hydrogens is 396 g/mol. The molecule has 30 heavy (non-hydrogen) atoms. The molecule has 1 amide bonds. The van der Waals surface area contributed by atoms with E-state index in [0.717, 1.165) is 41.1 Å². The van der Waals surface area contributed by atoms with E-state index in [2.05, 4.69) is 20.4 Å². The van der Waals surface area contributed by atoms with Crippen LogP contribution in [0, 0.1) is 12.8 Å². The Labute approximate surface area is 181 Å². The Balaban J connectivity index is 1.38. The van der Waals surface area contributed by atoms with Gasteiger partial charge in [0.05, 0.1) is 18.2 Å². The van der Waals surface area contributed by atoms with Gasteiger partial charge < -0.3 is 9.84 Å². The number of thioether (sulfide) groups is 1. The first-order valence-corrected chi connectivity index (χ1v) is 11.4. The first kappa shape index (κ1) is 20.6. The van der Waals surface area contributed by atoms with E-state index in [9.17, 15) is 4.79 Å². The molecule has 1 unspecified atom stereocenters. The van der Waals surface area contributed by atoms with Crippen molar-refractivity contribution in [2.24, 2.45) is 5.92 Å². The maximum Gasteiger partial charge on any atom is 0.241 e. The Morgan fingerprint density at radius 2 is 2.13 bits per heavy atom. The molecule has 2 heterocycles. The standard InChI is InChI=1S/C23H26N4O2S/c1-16-7-5-8-17(13-16)22-25-21(29-26-22)15-27-12-6-9-18(14-27)23(28)24-19-10-3-4-11-20(19)30-2/h3-5,7-8,10-11,13,18H,6,9,12,14-15H2,1-2H3,(H,24,28). The van der Waals surface area contributed by atoms with E-state index < -0.39 is 0 Å². The van der Waals surface area contributed by atoms with Crippen molar-refractivity contribution in [2.75, 3.05) is 24.7 Å². The lowest BCUT2D eigenvalue weighted by Crippen LogP contribution is -2.40. The molecule has 1 atom stereocenters. The average Bonchev–Trinajstić information content (AvgIpc) is 3.23. The third kappa shape index (κ3) is 4.91. The lowest BCUT2D eigenvalue weighted by Gasteiger charge is -2.31. The highest BCUT2D eigenvalue weighted by Gasteiger charge is 2.27. The van der Waals surface area contributed by atoms with E-state index in [1.165, 1.54) is 0 Å². The van der Waals surface area contributed by atoms with Gasteiger partial charge in [-0.25, -0.2) is 0 Å². The summed E-state index contributed by atoms with van der Waals surface area (Å²) in [6.45, 7) is 4.22. The summed E-state index contributed by atoms with van der Waals surface area (Å²) in [6, 6.07) is 16.0. The van der Waals surface area contributed by atoms with Crippen LogP contribution in [0.25, 0.3) is 11.4 Å². The van der Waals surface area contributed by atoms with Crippen LogP contribution in [0.3, 0.4) is 0 Å². The van der Waals surface area contributed by atoms with Gasteiger partial charge in [-0.05, 0) is 50.8 Å². The zero-order chi connectivity index (χ0) is 20.9. The summed E-state index contributed by atoms with van der Waals surface area (Å²) < 4.78 is 5.48. The Bertz CT molecular complexity index is 1020. The summed E-state index contributed by atoms with van der Waals surface area (Å²) in [7, 11) is 0. The maximum atomic E-state index is 12.9. The van der Waals surface area contributed by atoms with Crippen molar-refractivity contribution in [1.82, 2.24) is 15.0 Å². The van der Waals surface area contributed by atoms with Crippen molar-refractivity contribution in [3.05, 3.63) is 60.0 Å². The molecule has 0 radical (unpaired) electrons. The number of piperidine rings is 1. The number of amides is 1. The van der Waals surface area contributed by atoms with Crippen molar-refractivity contribution in [2.45, 2.75) is 31.2 Å². The zero-order valence-electron chi connectivity index (χ0n) is 17.3. The summed E-state index contributed by atoms with van der Waals surface area (Å²) in [5, 5.41) is 7.24. The molecule has 1 fully saturated rings. The van der Waals surface area contributed by atoms with Crippen LogP contribution < -0.4 is 5.32 Å². The fourth-order valence-corrected chi connectivity index (χ4v) is 4.36. The van der Waals surface area contributed by atoms with Gasteiger partial charge in [0.1, 0.15) is 0 Å². The fourth-order valence-electron chi connectivity index (χ4n) is 3.81. The summed E-state index contributed by atoms with van der Waals surface area (Å²) >= 11 is 1.63. The Kier molecular flexibility index (Phi) is 6.50. The molecule has 6 nitrogen and oxygen atoms in total. The quantitative estimate of drug-likeness (QED) is 0.585. The number of hydrogen-bond acceptors (Lipinski definition) is 6. The number of carbonyl (C=O) groups excluding carboxylic acids is 1. The smallest absolute Gasteiger partial charge is 0.241 e. The minimum absolute atomic E-state index is 0.0483. The summed E-state index contributed by atoms with van der Waals surface area (Å²) in [6.07, 6.45) is 3.88. The number of nitrogens with zero attached hydrogens (tertiary/aromatic N) is 3. The van der Waals surface area contributed by atoms with E-state index in [1.807, 2.05) is 61.7 Å². The summed E-state index contributed by atoms with van der Waals surface area (Å²) in [5.41, 5.74) is 2.99. The van der Waals surface area contributed by atoms with E-state index >= 15 is 0 Å². The Hall–Kier alpha value is -2.64. The lowest BCUT2D eigenvalue weighted by atomic mass is 9.97. The molecule has 1 aromatic heterocycles. The fraction of sp³-hybridized carbons (Fsp3) is 0.348. The number of likely N-dealkylation sites (tertiary alicyclic amines) is 1. The molecule has 0 bridgehead atoms. The van der Waals surface area contributed by atoms with E-state index in [1.54, 1.807) is 11.8 Å². The minimum atomic E-state index is -0.0483. The normalized spacial score (nSPS) is 17.1. The molecule has 4 rings (SSSR count). The molecule has 7 heteroatoms. The maximum absolute atomic E-state index is 12.9. The van der Waals surface area contributed by atoms with Gasteiger partial charge in [-0.1, -0.05) is 41.1 Å². The van der Waals surface area contributed by atoms with Crippen LogP contribution in [0.2, 0.25) is 0 Å². The molecule has 3 aromatic rings. The Morgan fingerprint density at radius 3 is 2.97 bits per heavy atom. The van der Waals surface area contributed by atoms with Crippen molar-refractivity contribution in [3.8, 4) is 11.4 Å². The molecule has 0 aliphatic carbocycles. The molecule has 0 spiro atoms. The number of benzene rings is 2. The van der Waals surface area contributed by atoms with Crippen molar-refractivity contribution in [1.29, 1.82) is 0 Å². The van der Waals surface area contributed by atoms with Crippen molar-refractivity contribution >= 4 is 23.4 Å². The van der Waals surface area contributed by atoms with Gasteiger partial charge in [-0.3, -0.25) is 9.69 Å².